The Bertz CT molecular complexity index is 1490. The highest BCUT2D eigenvalue weighted by molar-refractivity contribution is 6.16. The lowest BCUT2D eigenvalue weighted by Gasteiger charge is -2.10. The number of anilines is 1. The minimum absolute atomic E-state index is 0.0685. The topological polar surface area (TPSA) is 130 Å². The summed E-state index contributed by atoms with van der Waals surface area (Å²) in [5.41, 5.74) is -0.624. The Morgan fingerprint density at radius 1 is 1.22 bits per heavy atom. The molecule has 12 heteroatoms. The monoisotopic (exact) mass is 499 g/mol. The number of aromatic amines is 1. The fourth-order valence-corrected chi connectivity index (χ4v) is 3.65. The number of aliphatic hydroxyl groups excluding tert-OH is 1. The summed E-state index contributed by atoms with van der Waals surface area (Å²) in [6.45, 7) is 1.56. The number of H-pyrrole nitrogens is 1. The van der Waals surface area contributed by atoms with Gasteiger partial charge in [-0.2, -0.15) is 13.2 Å². The van der Waals surface area contributed by atoms with Gasteiger partial charge in [0.25, 0.3) is 5.56 Å². The van der Waals surface area contributed by atoms with Gasteiger partial charge in [0.05, 0.1) is 30.2 Å². The first-order chi connectivity index (χ1) is 17.1. The van der Waals surface area contributed by atoms with Gasteiger partial charge in [-0.3, -0.25) is 14.4 Å². The Morgan fingerprint density at radius 3 is 2.61 bits per heavy atom. The number of hydrogen-bond acceptors (Lipinski definition) is 6. The molecule has 36 heavy (non-hydrogen) atoms. The maximum atomic E-state index is 13.3. The number of pyridine rings is 1. The molecular weight excluding hydrogens is 479 g/mol. The highest BCUT2D eigenvalue weighted by Crippen LogP contribution is 2.29. The number of carbonyl (C=O) groups excluding carboxylic acids is 2. The maximum Gasteiger partial charge on any atom is 0.416 e. The van der Waals surface area contributed by atoms with Crippen molar-refractivity contribution in [3.8, 4) is 0 Å². The number of nitrogens with one attached hydrogen (secondary N) is 2. The number of aliphatic hydroxyl groups is 1. The van der Waals surface area contributed by atoms with E-state index in [1.165, 1.54) is 43.1 Å². The molecule has 186 valence electrons. The second-order valence-electron chi connectivity index (χ2n) is 8.12. The van der Waals surface area contributed by atoms with Crippen LogP contribution in [-0.2, 0) is 17.4 Å². The molecule has 0 spiro atoms. The Labute approximate surface area is 201 Å². The van der Waals surface area contributed by atoms with Crippen molar-refractivity contribution in [3.63, 3.8) is 0 Å². The first-order valence-corrected chi connectivity index (χ1v) is 10.7. The molecule has 0 aliphatic heterocycles. The summed E-state index contributed by atoms with van der Waals surface area (Å²) < 4.78 is 39.8. The van der Waals surface area contributed by atoms with E-state index in [1.807, 2.05) is 0 Å². The Morgan fingerprint density at radius 2 is 1.94 bits per heavy atom. The maximum absolute atomic E-state index is 13.3. The van der Waals surface area contributed by atoms with Crippen LogP contribution in [0.1, 0.15) is 40.0 Å². The molecule has 0 saturated carbocycles. The van der Waals surface area contributed by atoms with E-state index in [9.17, 15) is 32.7 Å². The minimum Gasteiger partial charge on any atom is -0.394 e. The van der Waals surface area contributed by atoms with Crippen LogP contribution >= 0.6 is 0 Å². The first kappa shape index (κ1) is 24.8. The van der Waals surface area contributed by atoms with Crippen molar-refractivity contribution in [1.82, 2.24) is 19.5 Å². The van der Waals surface area contributed by atoms with E-state index in [0.717, 1.165) is 12.1 Å². The minimum atomic E-state index is -4.49. The van der Waals surface area contributed by atoms with Crippen molar-refractivity contribution in [2.75, 3.05) is 11.9 Å². The van der Waals surface area contributed by atoms with Crippen LogP contribution in [0, 0.1) is 0 Å². The molecule has 3 N–H and O–H groups in total. The van der Waals surface area contributed by atoms with E-state index in [2.05, 4.69) is 20.3 Å². The lowest BCUT2D eigenvalue weighted by Crippen LogP contribution is -2.22. The lowest BCUT2D eigenvalue weighted by molar-refractivity contribution is -0.137. The summed E-state index contributed by atoms with van der Waals surface area (Å²) in [4.78, 5) is 48.5. The molecule has 3 aromatic heterocycles. The van der Waals surface area contributed by atoms with Crippen LogP contribution in [0.25, 0.3) is 11.0 Å². The number of benzene rings is 1. The second-order valence-corrected chi connectivity index (χ2v) is 8.12. The zero-order valence-electron chi connectivity index (χ0n) is 18.8. The molecule has 9 nitrogen and oxygen atoms in total. The van der Waals surface area contributed by atoms with Gasteiger partial charge in [-0.05, 0) is 30.7 Å². The molecule has 0 unspecified atom stereocenters. The number of rotatable bonds is 7. The third-order valence-corrected chi connectivity index (χ3v) is 5.56. The lowest BCUT2D eigenvalue weighted by atomic mass is 10.1. The van der Waals surface area contributed by atoms with Gasteiger partial charge in [-0.15, -0.1) is 0 Å². The number of halogens is 3. The Kier molecular flexibility index (Phi) is 6.71. The fraction of sp³-hybridized carbons (Fsp3) is 0.208. The average Bonchev–Trinajstić information content (AvgIpc) is 3.24. The SMILES string of the molecule is C[C@@H](CO)n1cc(C(=O)c2c[nH]c(=O)c(NC(=O)Cc3ccc(C(F)(F)F)cc3)c2)c2cncnc21. The predicted octanol–water partition coefficient (Wildman–Crippen LogP) is 3.10. The van der Waals surface area contributed by atoms with Gasteiger partial charge in [-0.25, -0.2) is 9.97 Å². The highest BCUT2D eigenvalue weighted by Gasteiger charge is 2.30. The van der Waals surface area contributed by atoms with E-state index in [4.69, 9.17) is 0 Å². The number of amides is 1. The number of fused-ring (bicyclic) bond motifs is 1. The summed E-state index contributed by atoms with van der Waals surface area (Å²) in [6, 6.07) is 4.95. The van der Waals surface area contributed by atoms with Gasteiger partial charge in [0.2, 0.25) is 5.91 Å². The van der Waals surface area contributed by atoms with Crippen LogP contribution in [0.15, 0.2) is 60.0 Å². The molecule has 0 fully saturated rings. The fourth-order valence-electron chi connectivity index (χ4n) is 3.65. The number of nitrogens with zero attached hydrogens (tertiary/aromatic N) is 3. The summed E-state index contributed by atoms with van der Waals surface area (Å²) >= 11 is 0. The van der Waals surface area contributed by atoms with Crippen LogP contribution in [0.2, 0.25) is 0 Å². The van der Waals surface area contributed by atoms with E-state index < -0.39 is 29.0 Å². The van der Waals surface area contributed by atoms with E-state index in [1.54, 1.807) is 11.5 Å². The molecule has 1 aromatic carbocycles. The molecule has 0 saturated heterocycles. The standard InChI is InChI=1S/C24H20F3N5O4/c1-13(11-33)32-10-18(17-9-28-12-30-22(17)32)21(35)15-7-19(23(36)29-8-15)31-20(34)6-14-2-4-16(5-3-14)24(25,26)27/h2-5,7-10,12-13,33H,6,11H2,1H3,(H,29,36)(H,31,34)/t13-/m0/s1. The normalized spacial score (nSPS) is 12.5. The Balaban J connectivity index is 1.57. The van der Waals surface area contributed by atoms with Crippen molar-refractivity contribution in [3.05, 3.63) is 87.9 Å². The van der Waals surface area contributed by atoms with Crippen LogP contribution < -0.4 is 10.9 Å². The molecule has 1 atom stereocenters. The summed E-state index contributed by atoms with van der Waals surface area (Å²) in [5.74, 6) is -1.13. The summed E-state index contributed by atoms with van der Waals surface area (Å²) in [5, 5.41) is 12.4. The molecule has 0 radical (unpaired) electrons. The van der Waals surface area contributed by atoms with Gasteiger partial charge < -0.3 is 20.0 Å². The molecule has 3 heterocycles. The van der Waals surface area contributed by atoms with E-state index >= 15 is 0 Å². The molecular formula is C24H20F3N5O4. The van der Waals surface area contributed by atoms with Crippen molar-refractivity contribution >= 4 is 28.4 Å². The van der Waals surface area contributed by atoms with Gasteiger partial charge in [0.15, 0.2) is 5.78 Å². The molecule has 1 amide bonds. The largest absolute Gasteiger partial charge is 0.416 e. The van der Waals surface area contributed by atoms with Gasteiger partial charge in [0, 0.05) is 29.5 Å². The number of ketones is 1. The van der Waals surface area contributed by atoms with E-state index in [-0.39, 0.29) is 35.9 Å². The smallest absolute Gasteiger partial charge is 0.394 e. The molecule has 0 bridgehead atoms. The number of hydrogen-bond donors (Lipinski definition) is 3. The zero-order valence-corrected chi connectivity index (χ0v) is 18.8. The molecule has 4 aromatic rings. The van der Waals surface area contributed by atoms with E-state index in [0.29, 0.717) is 16.6 Å². The zero-order chi connectivity index (χ0) is 26.0. The number of alkyl halides is 3. The molecule has 4 rings (SSSR count). The van der Waals surface area contributed by atoms with Crippen molar-refractivity contribution in [1.29, 1.82) is 0 Å². The van der Waals surface area contributed by atoms with Crippen molar-refractivity contribution < 1.29 is 27.9 Å². The van der Waals surface area contributed by atoms with Gasteiger partial charge >= 0.3 is 6.18 Å². The average molecular weight is 499 g/mol. The summed E-state index contributed by atoms with van der Waals surface area (Å²) in [6.07, 6.45) is 0.764. The quantitative estimate of drug-likeness (QED) is 0.335. The van der Waals surface area contributed by atoms with Crippen LogP contribution in [-0.4, -0.2) is 42.9 Å². The number of carbonyl (C=O) groups is 2. The Hall–Kier alpha value is -4.32. The third-order valence-electron chi connectivity index (χ3n) is 5.56. The molecule has 0 aliphatic rings. The van der Waals surface area contributed by atoms with Crippen LogP contribution in [0.4, 0.5) is 18.9 Å². The van der Waals surface area contributed by atoms with Gasteiger partial charge in [-0.1, -0.05) is 12.1 Å². The predicted molar refractivity (Wildman–Crippen MR) is 124 cm³/mol. The first-order valence-electron chi connectivity index (χ1n) is 10.7. The number of aromatic nitrogens is 4. The molecule has 0 aliphatic carbocycles. The van der Waals surface area contributed by atoms with Crippen LogP contribution in [0.3, 0.4) is 0 Å². The van der Waals surface area contributed by atoms with Crippen LogP contribution in [0.5, 0.6) is 0 Å². The van der Waals surface area contributed by atoms with Gasteiger partial charge in [0.1, 0.15) is 17.7 Å². The van der Waals surface area contributed by atoms with Crippen molar-refractivity contribution in [2.24, 2.45) is 0 Å². The van der Waals surface area contributed by atoms with Crippen molar-refractivity contribution in [2.45, 2.75) is 25.6 Å². The summed E-state index contributed by atoms with van der Waals surface area (Å²) in [7, 11) is 0. The highest BCUT2D eigenvalue weighted by atomic mass is 19.4. The second kappa shape index (κ2) is 9.74. The third kappa shape index (κ3) is 5.03.